The van der Waals surface area contributed by atoms with Crippen molar-refractivity contribution in [1.29, 1.82) is 0 Å². The van der Waals surface area contributed by atoms with Crippen molar-refractivity contribution in [3.8, 4) is 0 Å². The Morgan fingerprint density at radius 2 is 1.87 bits per heavy atom. The van der Waals surface area contributed by atoms with E-state index < -0.39 is 0 Å². The summed E-state index contributed by atoms with van der Waals surface area (Å²) >= 11 is 3.36. The van der Waals surface area contributed by atoms with Crippen molar-refractivity contribution in [2.24, 2.45) is 0 Å². The molecule has 0 fully saturated rings. The van der Waals surface area contributed by atoms with Crippen LogP contribution in [0.4, 0.5) is 0 Å². The van der Waals surface area contributed by atoms with E-state index in [1.807, 2.05) is 32.0 Å². The number of benzene rings is 1. The van der Waals surface area contributed by atoms with Crippen molar-refractivity contribution in [3.05, 3.63) is 33.8 Å². The summed E-state index contributed by atoms with van der Waals surface area (Å²) in [7, 11) is 0. The zero-order valence-electron chi connectivity index (χ0n) is 9.16. The Bertz CT molecular complexity index is 298. The van der Waals surface area contributed by atoms with E-state index in [9.17, 15) is 4.79 Å². The molecule has 0 aromatic heterocycles. The van der Waals surface area contributed by atoms with Crippen molar-refractivity contribution in [2.75, 3.05) is 6.61 Å². The average molecular weight is 273 g/mol. The number of halogens is 1. The Hall–Kier alpha value is -0.670. The minimum absolute atomic E-state index is 0.136. The summed E-state index contributed by atoms with van der Waals surface area (Å²) in [6.45, 7) is 4.14. The van der Waals surface area contributed by atoms with Crippen molar-refractivity contribution >= 4 is 22.2 Å². The molecule has 0 bridgehead atoms. The van der Waals surface area contributed by atoms with Gasteiger partial charge >= 0.3 is 0 Å². The van der Waals surface area contributed by atoms with Gasteiger partial charge in [0, 0.05) is 17.5 Å². The summed E-state index contributed by atoms with van der Waals surface area (Å²) in [4.78, 5) is 10.3. The fourth-order valence-corrected chi connectivity index (χ4v) is 1.79. The predicted molar refractivity (Wildman–Crippen MR) is 66.0 cm³/mol. The van der Waals surface area contributed by atoms with Crippen molar-refractivity contribution in [1.82, 2.24) is 0 Å². The molecule has 1 aromatic carbocycles. The van der Waals surface area contributed by atoms with E-state index in [1.54, 1.807) is 0 Å². The lowest BCUT2D eigenvalue weighted by Crippen LogP contribution is -1.94. The maximum atomic E-state index is 10.3. The van der Waals surface area contributed by atoms with Crippen LogP contribution in [0.15, 0.2) is 22.7 Å². The average Bonchev–Trinajstić information content (AvgIpc) is 2.21. The number of hydrogen-bond acceptors (Lipinski definition) is 2. The molecule has 1 rings (SSSR count). The number of hydrogen-bond donors (Lipinski definition) is 1. The molecule has 3 heteroatoms. The molecule has 0 aliphatic heterocycles. The first-order chi connectivity index (χ1) is 7.26. The maximum Gasteiger partial charge on any atom is 0.124 e. The van der Waals surface area contributed by atoms with E-state index in [0.717, 1.165) is 21.9 Å². The molecule has 0 saturated heterocycles. The SMILES string of the molecule is CC.O=CCc1cc(Br)cc(CCO)c1. The molecular weight excluding hydrogens is 256 g/mol. The third-order valence-electron chi connectivity index (χ3n) is 1.74. The third kappa shape index (κ3) is 5.70. The number of carbonyl (C=O) groups is 1. The highest BCUT2D eigenvalue weighted by atomic mass is 79.9. The fraction of sp³-hybridized carbons (Fsp3) is 0.417. The Balaban J connectivity index is 0.000000921. The molecule has 1 aromatic rings. The second kappa shape index (κ2) is 8.62. The smallest absolute Gasteiger partial charge is 0.124 e. The van der Waals surface area contributed by atoms with Crippen LogP contribution >= 0.6 is 15.9 Å². The summed E-state index contributed by atoms with van der Waals surface area (Å²) < 4.78 is 0.954. The largest absolute Gasteiger partial charge is 0.396 e. The highest BCUT2D eigenvalue weighted by Gasteiger charge is 1.98. The molecule has 0 amide bonds. The molecule has 0 aliphatic rings. The number of rotatable bonds is 4. The van der Waals surface area contributed by atoms with Gasteiger partial charge in [0.15, 0.2) is 0 Å². The van der Waals surface area contributed by atoms with Crippen LogP contribution in [0, 0.1) is 0 Å². The fourth-order valence-electron chi connectivity index (χ4n) is 1.20. The Morgan fingerprint density at radius 1 is 1.27 bits per heavy atom. The van der Waals surface area contributed by atoms with Gasteiger partial charge in [-0.25, -0.2) is 0 Å². The molecule has 0 spiro atoms. The first kappa shape index (κ1) is 14.3. The van der Waals surface area contributed by atoms with E-state index >= 15 is 0 Å². The first-order valence-electron chi connectivity index (χ1n) is 5.09. The molecule has 0 aliphatic carbocycles. The second-order valence-corrected chi connectivity index (χ2v) is 3.73. The van der Waals surface area contributed by atoms with Crippen LogP contribution < -0.4 is 0 Å². The lowest BCUT2D eigenvalue weighted by molar-refractivity contribution is -0.107. The standard InChI is InChI=1S/C10H11BrO2.C2H6/c11-10-6-8(1-3-12)5-9(7-10)2-4-13;1-2/h3,5-7,13H,1-2,4H2;1-2H3. The minimum atomic E-state index is 0.136. The van der Waals surface area contributed by atoms with Crippen LogP contribution in [-0.4, -0.2) is 18.0 Å². The zero-order valence-corrected chi connectivity index (χ0v) is 10.8. The van der Waals surface area contributed by atoms with Crippen LogP contribution in [0.5, 0.6) is 0 Å². The van der Waals surface area contributed by atoms with Gasteiger partial charge in [-0.3, -0.25) is 0 Å². The summed E-state index contributed by atoms with van der Waals surface area (Å²) in [6.07, 6.45) is 1.94. The summed E-state index contributed by atoms with van der Waals surface area (Å²) in [5.41, 5.74) is 2.03. The van der Waals surface area contributed by atoms with Gasteiger partial charge in [0.2, 0.25) is 0 Å². The summed E-state index contributed by atoms with van der Waals surface area (Å²) in [5, 5.41) is 8.75. The number of aldehydes is 1. The number of carbonyl (C=O) groups excluding carboxylic acids is 1. The van der Waals surface area contributed by atoms with Gasteiger partial charge in [-0.05, 0) is 29.7 Å². The van der Waals surface area contributed by atoms with E-state index in [1.165, 1.54) is 0 Å². The maximum absolute atomic E-state index is 10.3. The van der Waals surface area contributed by atoms with Crippen LogP contribution in [0.1, 0.15) is 25.0 Å². The third-order valence-corrected chi connectivity index (χ3v) is 2.19. The Labute approximate surface area is 99.5 Å². The van der Waals surface area contributed by atoms with E-state index in [-0.39, 0.29) is 6.61 Å². The molecule has 0 radical (unpaired) electrons. The van der Waals surface area contributed by atoms with Crippen LogP contribution in [0.3, 0.4) is 0 Å². The molecule has 0 heterocycles. The number of aliphatic hydroxyl groups excluding tert-OH is 1. The van der Waals surface area contributed by atoms with Gasteiger partial charge in [-0.15, -0.1) is 0 Å². The van der Waals surface area contributed by atoms with Crippen LogP contribution in [-0.2, 0) is 17.6 Å². The van der Waals surface area contributed by atoms with Gasteiger partial charge in [-0.1, -0.05) is 35.8 Å². The summed E-state index contributed by atoms with van der Waals surface area (Å²) in [6, 6.07) is 5.80. The van der Waals surface area contributed by atoms with Crippen molar-refractivity contribution in [3.63, 3.8) is 0 Å². The van der Waals surface area contributed by atoms with E-state index in [4.69, 9.17) is 5.11 Å². The van der Waals surface area contributed by atoms with Gasteiger partial charge < -0.3 is 9.90 Å². The highest BCUT2D eigenvalue weighted by molar-refractivity contribution is 9.10. The molecule has 15 heavy (non-hydrogen) atoms. The van der Waals surface area contributed by atoms with Crippen LogP contribution in [0.25, 0.3) is 0 Å². The zero-order chi connectivity index (χ0) is 11.7. The van der Waals surface area contributed by atoms with Gasteiger partial charge in [0.25, 0.3) is 0 Å². The highest BCUT2D eigenvalue weighted by Crippen LogP contribution is 2.16. The lowest BCUT2D eigenvalue weighted by Gasteiger charge is -2.02. The molecule has 2 nitrogen and oxygen atoms in total. The Morgan fingerprint density at radius 3 is 2.40 bits per heavy atom. The van der Waals surface area contributed by atoms with Crippen molar-refractivity contribution in [2.45, 2.75) is 26.7 Å². The molecular formula is C12H17BrO2. The van der Waals surface area contributed by atoms with Gasteiger partial charge in [-0.2, -0.15) is 0 Å². The molecule has 0 unspecified atom stereocenters. The Kier molecular flexibility index (Phi) is 8.24. The molecule has 0 saturated carbocycles. The first-order valence-corrected chi connectivity index (χ1v) is 5.88. The normalized spacial score (nSPS) is 9.07. The van der Waals surface area contributed by atoms with Crippen LogP contribution in [0.2, 0.25) is 0 Å². The quantitative estimate of drug-likeness (QED) is 0.856. The topological polar surface area (TPSA) is 37.3 Å². The van der Waals surface area contributed by atoms with Gasteiger partial charge in [0.05, 0.1) is 0 Å². The lowest BCUT2D eigenvalue weighted by atomic mass is 10.1. The summed E-state index contributed by atoms with van der Waals surface area (Å²) in [5.74, 6) is 0. The predicted octanol–water partition coefficient (Wildman–Crippen LogP) is 2.75. The number of aliphatic hydroxyl groups is 1. The molecule has 0 atom stereocenters. The minimum Gasteiger partial charge on any atom is -0.396 e. The van der Waals surface area contributed by atoms with E-state index in [2.05, 4.69) is 15.9 Å². The monoisotopic (exact) mass is 272 g/mol. The second-order valence-electron chi connectivity index (χ2n) is 2.81. The van der Waals surface area contributed by atoms with E-state index in [0.29, 0.717) is 12.8 Å². The molecule has 84 valence electrons. The van der Waals surface area contributed by atoms with Crippen molar-refractivity contribution < 1.29 is 9.90 Å². The van der Waals surface area contributed by atoms with Gasteiger partial charge in [0.1, 0.15) is 6.29 Å². The molecule has 1 N–H and O–H groups in total.